The molecule has 0 amide bonds. The van der Waals surface area contributed by atoms with Crippen LogP contribution in [0.4, 0.5) is 0 Å². The molecule has 0 bridgehead atoms. The summed E-state index contributed by atoms with van der Waals surface area (Å²) in [6, 6.07) is 40.7. The third-order valence-corrected chi connectivity index (χ3v) is 13.7. The Bertz CT molecular complexity index is 1850. The molecular formula is C36H30Cl2N2Zr. The minimum Gasteiger partial charge on any atom is -0.147 e. The number of aryl methyl sites for hydroxylation is 2. The first-order chi connectivity index (χ1) is 19.1. The van der Waals surface area contributed by atoms with Crippen molar-refractivity contribution in [3.63, 3.8) is 0 Å². The van der Waals surface area contributed by atoms with Gasteiger partial charge < -0.3 is 0 Å². The molecule has 0 spiro atoms. The van der Waals surface area contributed by atoms with Gasteiger partial charge in [0.25, 0.3) is 0 Å². The molecule has 2 atom stereocenters. The summed E-state index contributed by atoms with van der Waals surface area (Å²) < 4.78 is 4.95. The van der Waals surface area contributed by atoms with Gasteiger partial charge in [0.2, 0.25) is 0 Å². The van der Waals surface area contributed by atoms with Crippen LogP contribution < -0.4 is 0 Å². The maximum absolute atomic E-state index is 2.67. The minimum absolute atomic E-state index is 0. The van der Waals surface area contributed by atoms with Crippen LogP contribution in [-0.2, 0) is 29.7 Å². The summed E-state index contributed by atoms with van der Waals surface area (Å²) in [6.45, 7) is 4.58. The molecule has 2 nitrogen and oxygen atoms in total. The maximum Gasteiger partial charge on any atom is -0.147 e. The van der Waals surface area contributed by atoms with E-state index in [1.807, 2.05) is 0 Å². The first-order valence-corrected chi connectivity index (χ1v) is 16.1. The van der Waals surface area contributed by atoms with Crippen molar-refractivity contribution < 1.29 is 23.2 Å². The van der Waals surface area contributed by atoms with E-state index in [1.54, 1.807) is 0 Å². The van der Waals surface area contributed by atoms with Gasteiger partial charge in [-0.15, -0.1) is 24.8 Å². The van der Waals surface area contributed by atoms with E-state index >= 15 is 0 Å². The average Bonchev–Trinajstić information content (AvgIpc) is 3.70. The Morgan fingerprint density at radius 3 is 1.37 bits per heavy atom. The number of rotatable bonds is 4. The van der Waals surface area contributed by atoms with Crippen molar-refractivity contribution in [3.8, 4) is 0 Å². The number of para-hydroxylation sites is 2. The molecule has 2 aliphatic carbocycles. The SMILES string of the molecule is Cc1cc2ccccc2n1[C]1([Zr][C]2(n3c(C)cc4ccccc43)C=Cc3ccccc32)C=Cc2ccccc21.Cl.Cl. The molecule has 6 aromatic rings. The monoisotopic (exact) mass is 650 g/mol. The van der Waals surface area contributed by atoms with Gasteiger partial charge in [-0.2, -0.15) is 0 Å². The molecule has 0 saturated heterocycles. The normalized spacial score (nSPS) is 20.0. The third-order valence-electron chi connectivity index (χ3n) is 8.63. The van der Waals surface area contributed by atoms with Crippen LogP contribution in [0.15, 0.2) is 121 Å². The van der Waals surface area contributed by atoms with Crippen molar-refractivity contribution in [2.24, 2.45) is 0 Å². The molecule has 8 rings (SSSR count). The van der Waals surface area contributed by atoms with E-state index in [-0.39, 0.29) is 31.3 Å². The van der Waals surface area contributed by atoms with E-state index in [0.717, 1.165) is 0 Å². The van der Waals surface area contributed by atoms with Gasteiger partial charge in [0.15, 0.2) is 0 Å². The van der Waals surface area contributed by atoms with Gasteiger partial charge in [-0.1, -0.05) is 0 Å². The zero-order valence-corrected chi connectivity index (χ0v) is 27.0. The molecule has 4 aromatic carbocycles. The first-order valence-electron chi connectivity index (χ1n) is 13.6. The first kappa shape index (κ1) is 28.0. The number of hydrogen-bond donors (Lipinski definition) is 0. The largest absolute Gasteiger partial charge is 0.147 e. The van der Waals surface area contributed by atoms with E-state index < -0.39 is 23.2 Å². The molecule has 41 heavy (non-hydrogen) atoms. The Kier molecular flexibility index (Phi) is 7.06. The number of aromatic nitrogens is 2. The fraction of sp³-hybridized carbons (Fsp3) is 0.111. The molecular weight excluding hydrogens is 623 g/mol. The Balaban J connectivity index is 0.00000151. The van der Waals surface area contributed by atoms with E-state index in [1.165, 1.54) is 55.4 Å². The number of fused-ring (bicyclic) bond motifs is 4. The zero-order valence-electron chi connectivity index (χ0n) is 22.9. The van der Waals surface area contributed by atoms with Crippen LogP contribution in [0.1, 0.15) is 33.6 Å². The standard InChI is InChI=1S/2C18H14N.2ClH.Zr/c2*1-13-12-15-7-3-5-9-17(15)19(13)18-11-10-14-6-2-4-8-16(14)18;;;/h2*2-12H,1H3;2*1H;. The molecule has 0 aliphatic heterocycles. The van der Waals surface area contributed by atoms with Crippen molar-refractivity contribution in [1.82, 2.24) is 9.13 Å². The van der Waals surface area contributed by atoms with Crippen LogP contribution in [0.3, 0.4) is 0 Å². The van der Waals surface area contributed by atoms with Crippen LogP contribution in [0.25, 0.3) is 34.0 Å². The summed E-state index contributed by atoms with van der Waals surface area (Å²) >= 11 is -1.50. The predicted molar refractivity (Wildman–Crippen MR) is 173 cm³/mol. The molecule has 0 fully saturated rings. The Morgan fingerprint density at radius 2 is 0.902 bits per heavy atom. The molecule has 5 heteroatoms. The Hall–Kier alpha value is -3.10. The second-order valence-corrected chi connectivity index (χ2v) is 15.2. The molecule has 0 saturated carbocycles. The van der Waals surface area contributed by atoms with E-state index in [0.29, 0.717) is 0 Å². The zero-order chi connectivity index (χ0) is 26.2. The smallest absolute Gasteiger partial charge is 0.147 e. The summed E-state index contributed by atoms with van der Waals surface area (Å²) in [4.78, 5) is 0. The van der Waals surface area contributed by atoms with Crippen molar-refractivity contribution >= 4 is 58.8 Å². The van der Waals surface area contributed by atoms with Crippen LogP contribution in [-0.4, -0.2) is 9.13 Å². The van der Waals surface area contributed by atoms with Gasteiger partial charge in [-0.3, -0.25) is 0 Å². The number of allylic oxidation sites excluding steroid dienone is 2. The molecule has 2 aromatic heterocycles. The van der Waals surface area contributed by atoms with Gasteiger partial charge in [0.05, 0.1) is 0 Å². The van der Waals surface area contributed by atoms with Gasteiger partial charge in [0, 0.05) is 0 Å². The number of halogens is 2. The maximum atomic E-state index is 2.67. The second-order valence-electron chi connectivity index (χ2n) is 10.9. The number of hydrogen-bond acceptors (Lipinski definition) is 0. The number of benzene rings is 4. The van der Waals surface area contributed by atoms with Crippen LogP contribution in [0, 0.1) is 13.8 Å². The quantitative estimate of drug-likeness (QED) is 0.180. The van der Waals surface area contributed by atoms with Crippen LogP contribution in [0.5, 0.6) is 0 Å². The second kappa shape index (κ2) is 10.3. The topological polar surface area (TPSA) is 9.86 Å². The fourth-order valence-corrected chi connectivity index (χ4v) is 13.1. The fourth-order valence-electron chi connectivity index (χ4n) is 7.11. The molecule has 0 N–H and O–H groups in total. The van der Waals surface area contributed by atoms with Gasteiger partial charge in [-0.25, -0.2) is 0 Å². The van der Waals surface area contributed by atoms with Crippen LogP contribution >= 0.6 is 24.8 Å². The molecule has 2 unspecified atom stereocenters. The molecule has 202 valence electrons. The van der Waals surface area contributed by atoms with E-state index in [9.17, 15) is 0 Å². The van der Waals surface area contributed by atoms with Crippen LogP contribution in [0.2, 0.25) is 0 Å². The van der Waals surface area contributed by atoms with Gasteiger partial charge in [0.1, 0.15) is 0 Å². The molecule has 2 aliphatic rings. The van der Waals surface area contributed by atoms with E-state index in [4.69, 9.17) is 0 Å². The Morgan fingerprint density at radius 1 is 0.512 bits per heavy atom. The summed E-state index contributed by atoms with van der Waals surface area (Å²) in [5, 5.41) is 2.62. The molecule has 2 heterocycles. The number of nitrogens with zero attached hydrogens (tertiary/aromatic N) is 2. The minimum atomic E-state index is -1.50. The third kappa shape index (κ3) is 3.93. The summed E-state index contributed by atoms with van der Waals surface area (Å²) in [6.07, 6.45) is 9.84. The summed E-state index contributed by atoms with van der Waals surface area (Å²) in [5.41, 5.74) is 10.8. The van der Waals surface area contributed by atoms with Gasteiger partial charge >= 0.3 is 242 Å². The Labute approximate surface area is 264 Å². The summed E-state index contributed by atoms with van der Waals surface area (Å²) in [7, 11) is 0. The average molecular weight is 653 g/mol. The van der Waals surface area contributed by atoms with Crippen molar-refractivity contribution in [2.75, 3.05) is 0 Å². The predicted octanol–water partition coefficient (Wildman–Crippen LogP) is 9.29. The summed E-state index contributed by atoms with van der Waals surface area (Å²) in [5.74, 6) is 0. The molecule has 0 radical (unpaired) electrons. The van der Waals surface area contributed by atoms with Gasteiger partial charge in [-0.05, 0) is 0 Å². The van der Waals surface area contributed by atoms with Crippen molar-refractivity contribution in [2.45, 2.75) is 20.3 Å². The van der Waals surface area contributed by atoms with Crippen molar-refractivity contribution in [3.05, 3.63) is 155 Å². The van der Waals surface area contributed by atoms with Crippen molar-refractivity contribution in [1.29, 1.82) is 0 Å². The van der Waals surface area contributed by atoms with E-state index in [2.05, 4.69) is 156 Å².